The topological polar surface area (TPSA) is 137 Å². The Morgan fingerprint density at radius 2 is 1.96 bits per heavy atom. The van der Waals surface area contributed by atoms with Crippen molar-refractivity contribution in [3.63, 3.8) is 0 Å². The first-order valence-electron chi connectivity index (χ1n) is 6.89. The Labute approximate surface area is 132 Å². The van der Waals surface area contributed by atoms with Crippen molar-refractivity contribution in [3.05, 3.63) is 58.6 Å². The van der Waals surface area contributed by atoms with Gasteiger partial charge in [0.2, 0.25) is 0 Å². The molecule has 2 aromatic carbocycles. The molecule has 0 amide bonds. The lowest BCUT2D eigenvalue weighted by Gasteiger charge is -2.21. The van der Waals surface area contributed by atoms with Crippen molar-refractivity contribution in [2.45, 2.75) is 12.3 Å². The van der Waals surface area contributed by atoms with Crippen molar-refractivity contribution < 1.29 is 14.8 Å². The highest BCUT2D eigenvalue weighted by atomic mass is 16.6. The van der Waals surface area contributed by atoms with E-state index in [0.29, 0.717) is 0 Å². The fourth-order valence-electron chi connectivity index (χ4n) is 1.88. The van der Waals surface area contributed by atoms with Crippen LogP contribution in [0, 0.1) is 10.1 Å². The summed E-state index contributed by atoms with van der Waals surface area (Å²) < 4.78 is 5.34. The van der Waals surface area contributed by atoms with Gasteiger partial charge in [0.1, 0.15) is 30.3 Å². The van der Waals surface area contributed by atoms with E-state index >= 15 is 0 Å². The fraction of sp³-hybridized carbons (Fsp3) is 0.200. The number of nitrogens with one attached hydrogen (secondary N) is 1. The number of aliphatic hydroxyl groups is 1. The average molecular weight is 318 g/mol. The van der Waals surface area contributed by atoms with E-state index in [1.807, 2.05) is 30.3 Å². The highest BCUT2D eigenvalue weighted by molar-refractivity contribution is 5.60. The molecule has 0 radical (unpaired) electrons. The molecule has 0 aliphatic carbocycles. The Balaban J connectivity index is 1.92. The number of nitrogens with zero attached hydrogens (tertiary/aromatic N) is 1. The minimum atomic E-state index is -1.01. The first kappa shape index (κ1) is 16.5. The first-order chi connectivity index (χ1) is 11.0. The van der Waals surface area contributed by atoms with E-state index in [1.165, 1.54) is 18.2 Å². The highest BCUT2D eigenvalue weighted by Crippen LogP contribution is 2.26. The molecule has 2 unspecified atom stereocenters. The van der Waals surface area contributed by atoms with Crippen LogP contribution in [0.1, 0.15) is 0 Å². The van der Waals surface area contributed by atoms with Gasteiger partial charge in [0.05, 0.1) is 11.0 Å². The van der Waals surface area contributed by atoms with Gasteiger partial charge in [0.25, 0.3) is 5.69 Å². The van der Waals surface area contributed by atoms with Gasteiger partial charge in [-0.25, -0.2) is 0 Å². The number of benzene rings is 2. The third-order valence-corrected chi connectivity index (χ3v) is 3.14. The molecule has 2 atom stereocenters. The van der Waals surface area contributed by atoms with E-state index in [2.05, 4.69) is 5.32 Å². The standard InChI is InChI=1S/C15H18N4O4/c16-12-7-6-11(8-13(12)19(21)22)23-9-14(20)15(17)18-10-4-2-1-3-5-10/h1-8,14-15,18,20H,9,16-17H2. The average Bonchev–Trinajstić information content (AvgIpc) is 2.54. The van der Waals surface area contributed by atoms with E-state index in [9.17, 15) is 15.2 Å². The summed E-state index contributed by atoms with van der Waals surface area (Å²) in [4.78, 5) is 10.2. The van der Waals surface area contributed by atoms with Crippen LogP contribution < -0.4 is 21.5 Å². The van der Waals surface area contributed by atoms with Crippen LogP contribution in [-0.4, -0.2) is 28.9 Å². The van der Waals surface area contributed by atoms with Gasteiger partial charge in [-0.05, 0) is 24.3 Å². The van der Waals surface area contributed by atoms with Crippen LogP contribution in [-0.2, 0) is 0 Å². The largest absolute Gasteiger partial charge is 0.490 e. The van der Waals surface area contributed by atoms with Gasteiger partial charge in [-0.1, -0.05) is 18.2 Å². The van der Waals surface area contributed by atoms with Gasteiger partial charge in [0.15, 0.2) is 0 Å². The highest BCUT2D eigenvalue weighted by Gasteiger charge is 2.17. The van der Waals surface area contributed by atoms with Crippen LogP contribution >= 0.6 is 0 Å². The summed E-state index contributed by atoms with van der Waals surface area (Å²) in [5.74, 6) is 0.233. The zero-order valence-corrected chi connectivity index (χ0v) is 12.3. The number of rotatable bonds is 7. The number of nitro benzene ring substituents is 1. The molecule has 0 aromatic heterocycles. The van der Waals surface area contributed by atoms with E-state index in [1.54, 1.807) is 0 Å². The lowest BCUT2D eigenvalue weighted by molar-refractivity contribution is -0.384. The third-order valence-electron chi connectivity index (χ3n) is 3.14. The minimum absolute atomic E-state index is 0.0466. The molecule has 8 heteroatoms. The van der Waals surface area contributed by atoms with Crippen LogP contribution in [0.15, 0.2) is 48.5 Å². The summed E-state index contributed by atoms with van der Waals surface area (Å²) in [5.41, 5.74) is 11.9. The molecule has 0 saturated heterocycles. The number of hydrogen-bond donors (Lipinski definition) is 4. The van der Waals surface area contributed by atoms with Crippen LogP contribution in [0.25, 0.3) is 0 Å². The maximum absolute atomic E-state index is 10.8. The van der Waals surface area contributed by atoms with Crippen molar-refractivity contribution >= 4 is 17.1 Å². The maximum atomic E-state index is 10.8. The molecule has 0 aliphatic heterocycles. The molecule has 2 rings (SSSR count). The number of aliphatic hydroxyl groups excluding tert-OH is 1. The van der Waals surface area contributed by atoms with Gasteiger partial charge in [-0.15, -0.1) is 0 Å². The van der Waals surface area contributed by atoms with Crippen molar-refractivity contribution in [3.8, 4) is 5.75 Å². The number of nitrogens with two attached hydrogens (primary N) is 2. The molecule has 122 valence electrons. The molecule has 6 N–H and O–H groups in total. The van der Waals surface area contributed by atoms with Gasteiger partial charge >= 0.3 is 0 Å². The van der Waals surface area contributed by atoms with Crippen molar-refractivity contribution in [2.24, 2.45) is 5.73 Å². The molecule has 0 saturated carbocycles. The molecule has 0 heterocycles. The van der Waals surface area contributed by atoms with Crippen molar-refractivity contribution in [2.75, 3.05) is 17.7 Å². The molecule has 8 nitrogen and oxygen atoms in total. The quantitative estimate of drug-likeness (QED) is 0.261. The van der Waals surface area contributed by atoms with Gasteiger partial charge in [0, 0.05) is 5.69 Å². The summed E-state index contributed by atoms with van der Waals surface area (Å²) >= 11 is 0. The summed E-state index contributed by atoms with van der Waals surface area (Å²) in [5, 5.41) is 23.8. The molecule has 0 fully saturated rings. The Morgan fingerprint density at radius 1 is 1.26 bits per heavy atom. The summed E-state index contributed by atoms with van der Waals surface area (Å²) in [7, 11) is 0. The van der Waals surface area contributed by atoms with E-state index < -0.39 is 17.2 Å². The predicted molar refractivity (Wildman–Crippen MR) is 87.1 cm³/mol. The van der Waals surface area contributed by atoms with Crippen LogP contribution in [0.5, 0.6) is 5.75 Å². The van der Waals surface area contributed by atoms with Crippen molar-refractivity contribution in [1.82, 2.24) is 0 Å². The van der Waals surface area contributed by atoms with E-state index in [4.69, 9.17) is 16.2 Å². The third kappa shape index (κ3) is 4.56. The second-order valence-corrected chi connectivity index (χ2v) is 4.89. The number of ether oxygens (including phenoxy) is 1. The normalized spacial score (nSPS) is 13.1. The van der Waals surface area contributed by atoms with Gasteiger partial charge < -0.3 is 26.6 Å². The smallest absolute Gasteiger partial charge is 0.295 e. The van der Waals surface area contributed by atoms with E-state index in [-0.39, 0.29) is 23.7 Å². The lowest BCUT2D eigenvalue weighted by Crippen LogP contribution is -2.44. The van der Waals surface area contributed by atoms with Crippen LogP contribution in [0.2, 0.25) is 0 Å². The lowest BCUT2D eigenvalue weighted by atomic mass is 10.2. The fourth-order valence-corrected chi connectivity index (χ4v) is 1.88. The maximum Gasteiger partial charge on any atom is 0.295 e. The molecule has 0 bridgehead atoms. The zero-order chi connectivity index (χ0) is 16.8. The second kappa shape index (κ2) is 7.43. The molecular formula is C15H18N4O4. The summed E-state index contributed by atoms with van der Waals surface area (Å²) in [6.07, 6.45) is -1.76. The predicted octanol–water partition coefficient (Wildman–Crippen LogP) is 1.31. The summed E-state index contributed by atoms with van der Waals surface area (Å²) in [6, 6.07) is 13.3. The Bertz CT molecular complexity index is 666. The number of nitro groups is 1. The van der Waals surface area contributed by atoms with Crippen LogP contribution in [0.3, 0.4) is 0 Å². The molecule has 23 heavy (non-hydrogen) atoms. The Morgan fingerprint density at radius 3 is 2.61 bits per heavy atom. The number of hydrogen-bond acceptors (Lipinski definition) is 7. The van der Waals surface area contributed by atoms with Crippen LogP contribution in [0.4, 0.5) is 17.1 Å². The molecule has 2 aromatic rings. The molecule has 0 spiro atoms. The monoisotopic (exact) mass is 318 g/mol. The second-order valence-electron chi connectivity index (χ2n) is 4.89. The minimum Gasteiger partial charge on any atom is -0.490 e. The van der Waals surface area contributed by atoms with Crippen molar-refractivity contribution in [1.29, 1.82) is 0 Å². The van der Waals surface area contributed by atoms with E-state index in [0.717, 1.165) is 5.69 Å². The number of nitrogen functional groups attached to an aromatic ring is 1. The SMILES string of the molecule is Nc1ccc(OCC(O)C(N)Nc2ccccc2)cc1[N+](=O)[O-]. The number of para-hydroxylation sites is 1. The summed E-state index contributed by atoms with van der Waals surface area (Å²) in [6.45, 7) is -0.123. The van der Waals surface area contributed by atoms with Gasteiger partial charge in [-0.2, -0.15) is 0 Å². The Hall–Kier alpha value is -2.84. The molecule has 0 aliphatic rings. The number of anilines is 2. The zero-order valence-electron chi connectivity index (χ0n) is 12.3. The van der Waals surface area contributed by atoms with Gasteiger partial charge in [-0.3, -0.25) is 10.1 Å². The molecular weight excluding hydrogens is 300 g/mol. The Kier molecular flexibility index (Phi) is 5.34. The first-order valence-corrected chi connectivity index (χ1v) is 6.89.